The van der Waals surface area contributed by atoms with Crippen molar-refractivity contribution in [3.05, 3.63) is 88.4 Å². The number of nitrogens with zero attached hydrogens (tertiary/aromatic N) is 1. The van der Waals surface area contributed by atoms with Crippen molar-refractivity contribution < 1.29 is 14.6 Å². The van der Waals surface area contributed by atoms with E-state index in [1.165, 1.54) is 0 Å². The number of phenols is 1. The summed E-state index contributed by atoms with van der Waals surface area (Å²) < 4.78 is 10.9. The van der Waals surface area contributed by atoms with E-state index in [0.29, 0.717) is 23.8 Å². The highest BCUT2D eigenvalue weighted by molar-refractivity contribution is 6.30. The summed E-state index contributed by atoms with van der Waals surface area (Å²) in [6, 6.07) is 21.0. The Morgan fingerprint density at radius 1 is 1.06 bits per heavy atom. The lowest BCUT2D eigenvalue weighted by Gasteiger charge is -2.31. The van der Waals surface area contributed by atoms with Crippen molar-refractivity contribution in [3.63, 3.8) is 0 Å². The molecular formula is C25H25ClN2O3. The molecule has 0 fully saturated rings. The van der Waals surface area contributed by atoms with Gasteiger partial charge in [0.05, 0.1) is 13.7 Å². The van der Waals surface area contributed by atoms with Crippen LogP contribution in [-0.4, -0.2) is 24.5 Å². The van der Waals surface area contributed by atoms with E-state index in [2.05, 4.69) is 5.32 Å². The first kappa shape index (κ1) is 21.2. The molecule has 0 radical (unpaired) electrons. The lowest BCUT2D eigenvalue weighted by atomic mass is 9.93. The van der Waals surface area contributed by atoms with E-state index in [0.717, 1.165) is 28.2 Å². The van der Waals surface area contributed by atoms with Crippen molar-refractivity contribution in [1.29, 1.82) is 0 Å². The fraction of sp³-hybridized carbons (Fsp3) is 0.240. The average Bonchev–Trinajstić information content (AvgIpc) is 2.81. The molecule has 0 unspecified atom stereocenters. The van der Waals surface area contributed by atoms with Crippen molar-refractivity contribution in [3.8, 4) is 17.2 Å². The van der Waals surface area contributed by atoms with E-state index < -0.39 is 0 Å². The number of para-hydroxylation sites is 1. The zero-order chi connectivity index (χ0) is 21.8. The lowest BCUT2D eigenvalue weighted by molar-refractivity contribution is 0.313. The van der Waals surface area contributed by atoms with Crippen LogP contribution in [0.15, 0.2) is 71.7 Å². The summed E-state index contributed by atoms with van der Waals surface area (Å²) in [5, 5.41) is 15.1. The van der Waals surface area contributed by atoms with Gasteiger partial charge in [-0.05, 0) is 60.5 Å². The van der Waals surface area contributed by atoms with Gasteiger partial charge in [-0.1, -0.05) is 35.9 Å². The van der Waals surface area contributed by atoms with Gasteiger partial charge >= 0.3 is 0 Å². The number of aliphatic imine (C=N–C) groups is 1. The molecule has 6 heteroatoms. The molecule has 31 heavy (non-hydrogen) atoms. The molecule has 0 bridgehead atoms. The summed E-state index contributed by atoms with van der Waals surface area (Å²) >= 11 is 6.08. The van der Waals surface area contributed by atoms with Crippen molar-refractivity contribution in [1.82, 2.24) is 5.32 Å². The second-order valence-corrected chi connectivity index (χ2v) is 7.75. The second kappa shape index (κ2) is 9.41. The molecule has 2 atom stereocenters. The predicted molar refractivity (Wildman–Crippen MR) is 123 cm³/mol. The lowest BCUT2D eigenvalue weighted by Crippen LogP contribution is -2.33. The third-order valence-electron chi connectivity index (χ3n) is 5.36. The fourth-order valence-electron chi connectivity index (χ4n) is 3.77. The number of rotatable bonds is 6. The van der Waals surface area contributed by atoms with Crippen LogP contribution >= 0.6 is 11.6 Å². The molecule has 0 aliphatic carbocycles. The summed E-state index contributed by atoms with van der Waals surface area (Å²) in [5.41, 5.74) is 3.76. The zero-order valence-electron chi connectivity index (χ0n) is 17.5. The van der Waals surface area contributed by atoms with Gasteiger partial charge in [0.1, 0.15) is 11.9 Å². The zero-order valence-corrected chi connectivity index (χ0v) is 18.3. The Labute approximate surface area is 187 Å². The standard InChI is InChI=1S/C25H25ClN2O3/c1-3-31-23-6-4-5-20(24(23)29)22-15-21(16-9-13-19(30-2)14-10-16)27-25(28-22)17-7-11-18(26)12-8-17/h4-14,22,25,28-29H,3,15H2,1-2H3/t22-,25-/m0/s1. The molecule has 0 aromatic heterocycles. The Balaban J connectivity index is 1.73. The monoisotopic (exact) mass is 436 g/mol. The number of nitrogens with one attached hydrogen (secondary N) is 1. The van der Waals surface area contributed by atoms with Crippen molar-refractivity contribution in [2.24, 2.45) is 4.99 Å². The van der Waals surface area contributed by atoms with Gasteiger partial charge in [-0.25, -0.2) is 0 Å². The second-order valence-electron chi connectivity index (χ2n) is 7.31. The molecule has 0 saturated carbocycles. The molecule has 160 valence electrons. The molecule has 2 N–H and O–H groups in total. The number of hydrogen-bond donors (Lipinski definition) is 2. The maximum Gasteiger partial charge on any atom is 0.162 e. The summed E-state index contributed by atoms with van der Waals surface area (Å²) in [5.74, 6) is 1.44. The maximum atomic E-state index is 10.9. The van der Waals surface area contributed by atoms with Gasteiger partial charge in [-0.2, -0.15) is 0 Å². The van der Waals surface area contributed by atoms with Gasteiger partial charge in [0, 0.05) is 28.8 Å². The molecular weight excluding hydrogens is 412 g/mol. The van der Waals surface area contributed by atoms with Crippen LogP contribution in [-0.2, 0) is 0 Å². The number of ether oxygens (including phenoxy) is 2. The maximum absolute atomic E-state index is 10.9. The Bertz CT molecular complexity index is 1070. The number of benzene rings is 3. The minimum atomic E-state index is -0.275. The van der Waals surface area contributed by atoms with E-state index in [1.807, 2.05) is 67.6 Å². The smallest absolute Gasteiger partial charge is 0.162 e. The summed E-state index contributed by atoms with van der Waals surface area (Å²) in [6.45, 7) is 2.39. The largest absolute Gasteiger partial charge is 0.504 e. The third-order valence-corrected chi connectivity index (χ3v) is 5.61. The fourth-order valence-corrected chi connectivity index (χ4v) is 3.90. The molecule has 3 aromatic carbocycles. The molecule has 1 aliphatic heterocycles. The third kappa shape index (κ3) is 4.68. The Hall–Kier alpha value is -3.02. The first-order chi connectivity index (χ1) is 15.1. The molecule has 1 heterocycles. The van der Waals surface area contributed by atoms with Crippen LogP contribution in [0, 0.1) is 0 Å². The van der Waals surface area contributed by atoms with E-state index in [9.17, 15) is 5.11 Å². The van der Waals surface area contributed by atoms with Crippen LogP contribution in [0.25, 0.3) is 0 Å². The number of methoxy groups -OCH3 is 1. The highest BCUT2D eigenvalue weighted by atomic mass is 35.5. The van der Waals surface area contributed by atoms with Crippen molar-refractivity contribution >= 4 is 17.3 Å². The Morgan fingerprint density at radius 2 is 1.81 bits per heavy atom. The topological polar surface area (TPSA) is 63.1 Å². The Kier molecular flexibility index (Phi) is 6.44. The minimum Gasteiger partial charge on any atom is -0.504 e. The average molecular weight is 437 g/mol. The van der Waals surface area contributed by atoms with E-state index in [1.54, 1.807) is 13.2 Å². The van der Waals surface area contributed by atoms with Gasteiger partial charge in [0.2, 0.25) is 0 Å². The molecule has 5 nitrogen and oxygen atoms in total. The minimum absolute atomic E-state index is 0.143. The Morgan fingerprint density at radius 3 is 2.48 bits per heavy atom. The van der Waals surface area contributed by atoms with E-state index in [4.69, 9.17) is 26.1 Å². The quantitative estimate of drug-likeness (QED) is 0.522. The van der Waals surface area contributed by atoms with Crippen LogP contribution in [0.1, 0.15) is 42.2 Å². The molecule has 4 rings (SSSR count). The first-order valence-corrected chi connectivity index (χ1v) is 10.6. The van der Waals surface area contributed by atoms with Crippen LogP contribution in [0.5, 0.6) is 17.2 Å². The number of phenolic OH excluding ortho intramolecular Hbond substituents is 1. The van der Waals surface area contributed by atoms with Crippen molar-refractivity contribution in [2.75, 3.05) is 13.7 Å². The molecule has 0 saturated heterocycles. The molecule has 3 aromatic rings. The first-order valence-electron chi connectivity index (χ1n) is 10.3. The molecule has 1 aliphatic rings. The number of halogens is 1. The summed E-state index contributed by atoms with van der Waals surface area (Å²) in [7, 11) is 1.65. The SMILES string of the molecule is CCOc1cccc([C@@H]2CC(c3ccc(OC)cc3)=N[C@H](c3ccc(Cl)cc3)N2)c1O. The van der Waals surface area contributed by atoms with Gasteiger partial charge in [0.25, 0.3) is 0 Å². The molecule has 0 amide bonds. The highest BCUT2D eigenvalue weighted by Crippen LogP contribution is 2.39. The number of aromatic hydroxyl groups is 1. The van der Waals surface area contributed by atoms with Crippen molar-refractivity contribution in [2.45, 2.75) is 25.6 Å². The van der Waals surface area contributed by atoms with E-state index in [-0.39, 0.29) is 18.0 Å². The number of hydrogen-bond acceptors (Lipinski definition) is 5. The van der Waals surface area contributed by atoms with Gasteiger partial charge < -0.3 is 14.6 Å². The normalized spacial score (nSPS) is 18.4. The predicted octanol–water partition coefficient (Wildman–Crippen LogP) is 5.68. The molecule has 0 spiro atoms. The summed E-state index contributed by atoms with van der Waals surface area (Å²) in [6.07, 6.45) is 0.350. The van der Waals surface area contributed by atoms with Crippen LogP contribution in [0.4, 0.5) is 0 Å². The van der Waals surface area contributed by atoms with Gasteiger partial charge in [-0.15, -0.1) is 0 Å². The highest BCUT2D eigenvalue weighted by Gasteiger charge is 2.28. The van der Waals surface area contributed by atoms with Crippen LogP contribution in [0.2, 0.25) is 5.02 Å². The van der Waals surface area contributed by atoms with Gasteiger partial charge in [-0.3, -0.25) is 10.3 Å². The van der Waals surface area contributed by atoms with E-state index >= 15 is 0 Å². The van der Waals surface area contributed by atoms with Crippen LogP contribution in [0.3, 0.4) is 0 Å². The van der Waals surface area contributed by atoms with Crippen LogP contribution < -0.4 is 14.8 Å². The van der Waals surface area contributed by atoms with Gasteiger partial charge in [0.15, 0.2) is 11.5 Å². The summed E-state index contributed by atoms with van der Waals surface area (Å²) in [4.78, 5) is 4.98.